The quantitative estimate of drug-likeness (QED) is 0.822. The minimum atomic E-state index is 0.0129. The molecule has 7 nitrogen and oxygen atoms in total. The van der Waals surface area contributed by atoms with Crippen molar-refractivity contribution in [2.24, 2.45) is 0 Å². The molecule has 0 atom stereocenters. The molecule has 0 bridgehead atoms. The predicted octanol–water partition coefficient (Wildman–Crippen LogP) is 0.507. The van der Waals surface area contributed by atoms with E-state index in [0.29, 0.717) is 32.1 Å². The minimum absolute atomic E-state index is 0.0129. The molecule has 1 aromatic heterocycles. The Labute approximate surface area is 122 Å². The molecule has 0 spiro atoms. The van der Waals surface area contributed by atoms with Crippen LogP contribution < -0.4 is 0 Å². The number of amides is 1. The van der Waals surface area contributed by atoms with Crippen molar-refractivity contribution < 1.29 is 9.53 Å². The van der Waals surface area contributed by atoms with Crippen LogP contribution in [0.2, 0.25) is 0 Å². The monoisotopic (exact) mass is 287 g/mol. The van der Waals surface area contributed by atoms with E-state index in [1.807, 2.05) is 31.2 Å². The third kappa shape index (κ3) is 3.08. The molecule has 0 N–H and O–H groups in total. The first-order valence-corrected chi connectivity index (χ1v) is 6.93. The SMILES string of the molecule is Cc1ccc(-c2nnnn2CC(=O)N2CCOCC2)cc1. The summed E-state index contributed by atoms with van der Waals surface area (Å²) in [6, 6.07) is 7.91. The Kier molecular flexibility index (Phi) is 3.92. The molecule has 3 rings (SSSR count). The third-order valence-corrected chi connectivity index (χ3v) is 3.49. The zero-order valence-electron chi connectivity index (χ0n) is 11.9. The maximum Gasteiger partial charge on any atom is 0.244 e. The number of tetrazole rings is 1. The molecule has 0 radical (unpaired) electrons. The molecule has 1 amide bonds. The number of carbonyl (C=O) groups excluding carboxylic acids is 1. The summed E-state index contributed by atoms with van der Waals surface area (Å²) < 4.78 is 6.79. The molecule has 0 saturated carbocycles. The lowest BCUT2D eigenvalue weighted by molar-refractivity contribution is -0.136. The van der Waals surface area contributed by atoms with Crippen LogP contribution in [0.3, 0.4) is 0 Å². The molecule has 1 aliphatic heterocycles. The summed E-state index contributed by atoms with van der Waals surface area (Å²) in [6.45, 7) is 4.60. The maximum atomic E-state index is 12.3. The highest BCUT2D eigenvalue weighted by molar-refractivity contribution is 5.76. The smallest absolute Gasteiger partial charge is 0.244 e. The average molecular weight is 287 g/mol. The fourth-order valence-electron chi connectivity index (χ4n) is 2.26. The van der Waals surface area contributed by atoms with E-state index >= 15 is 0 Å². The van der Waals surface area contributed by atoms with Crippen molar-refractivity contribution in [1.29, 1.82) is 0 Å². The van der Waals surface area contributed by atoms with Gasteiger partial charge in [0.2, 0.25) is 5.91 Å². The molecule has 7 heteroatoms. The van der Waals surface area contributed by atoms with Gasteiger partial charge in [0, 0.05) is 18.7 Å². The van der Waals surface area contributed by atoms with Crippen LogP contribution >= 0.6 is 0 Å². The fourth-order valence-corrected chi connectivity index (χ4v) is 2.26. The van der Waals surface area contributed by atoms with Crippen LogP contribution in [0.25, 0.3) is 11.4 Å². The molecule has 110 valence electrons. The summed E-state index contributed by atoms with van der Waals surface area (Å²) >= 11 is 0. The Morgan fingerprint density at radius 3 is 2.67 bits per heavy atom. The van der Waals surface area contributed by atoms with Crippen LogP contribution in [0, 0.1) is 6.92 Å². The van der Waals surface area contributed by atoms with E-state index in [4.69, 9.17) is 4.74 Å². The summed E-state index contributed by atoms with van der Waals surface area (Å²) in [6.07, 6.45) is 0. The van der Waals surface area contributed by atoms with E-state index in [1.165, 1.54) is 5.56 Å². The topological polar surface area (TPSA) is 73.1 Å². The summed E-state index contributed by atoms with van der Waals surface area (Å²) in [5, 5.41) is 11.6. The average Bonchev–Trinajstić information content (AvgIpc) is 2.97. The van der Waals surface area contributed by atoms with E-state index < -0.39 is 0 Å². The van der Waals surface area contributed by atoms with Crippen LogP contribution in [0.4, 0.5) is 0 Å². The van der Waals surface area contributed by atoms with Gasteiger partial charge < -0.3 is 9.64 Å². The number of ether oxygens (including phenoxy) is 1. The van der Waals surface area contributed by atoms with Gasteiger partial charge in [-0.15, -0.1) is 5.10 Å². The Balaban J connectivity index is 1.76. The van der Waals surface area contributed by atoms with E-state index in [-0.39, 0.29) is 12.5 Å². The van der Waals surface area contributed by atoms with Gasteiger partial charge in [-0.2, -0.15) is 0 Å². The fraction of sp³-hybridized carbons (Fsp3) is 0.429. The molecule has 0 unspecified atom stereocenters. The summed E-state index contributed by atoms with van der Waals surface area (Å²) in [4.78, 5) is 14.0. The normalized spacial score (nSPS) is 15.2. The highest BCUT2D eigenvalue weighted by Gasteiger charge is 2.19. The zero-order valence-corrected chi connectivity index (χ0v) is 11.9. The number of hydrogen-bond donors (Lipinski definition) is 0. The minimum Gasteiger partial charge on any atom is -0.378 e. The van der Waals surface area contributed by atoms with Crippen molar-refractivity contribution in [3.05, 3.63) is 29.8 Å². The molecule has 1 aromatic carbocycles. The molecule has 1 saturated heterocycles. The number of benzene rings is 1. The second kappa shape index (κ2) is 6.01. The number of morpholine rings is 1. The Morgan fingerprint density at radius 2 is 1.95 bits per heavy atom. The van der Waals surface area contributed by atoms with Crippen LogP contribution in [-0.4, -0.2) is 57.3 Å². The first-order chi connectivity index (χ1) is 10.2. The van der Waals surface area contributed by atoms with Gasteiger partial charge in [-0.3, -0.25) is 4.79 Å². The third-order valence-electron chi connectivity index (χ3n) is 3.49. The molecular weight excluding hydrogens is 270 g/mol. The van der Waals surface area contributed by atoms with Crippen molar-refractivity contribution in [3.8, 4) is 11.4 Å². The van der Waals surface area contributed by atoms with Crippen molar-refractivity contribution >= 4 is 5.91 Å². The van der Waals surface area contributed by atoms with Crippen molar-refractivity contribution in [2.45, 2.75) is 13.5 Å². The van der Waals surface area contributed by atoms with Crippen molar-refractivity contribution in [2.75, 3.05) is 26.3 Å². The molecule has 2 aromatic rings. The highest BCUT2D eigenvalue weighted by atomic mass is 16.5. The Hall–Kier alpha value is -2.28. The molecule has 1 fully saturated rings. The van der Waals surface area contributed by atoms with E-state index in [9.17, 15) is 4.79 Å². The first-order valence-electron chi connectivity index (χ1n) is 6.93. The van der Waals surface area contributed by atoms with Crippen molar-refractivity contribution in [3.63, 3.8) is 0 Å². The number of aryl methyl sites for hydroxylation is 1. The van der Waals surface area contributed by atoms with Gasteiger partial charge in [0.15, 0.2) is 5.82 Å². The molecule has 1 aliphatic rings. The lowest BCUT2D eigenvalue weighted by Crippen LogP contribution is -2.42. The van der Waals surface area contributed by atoms with Crippen LogP contribution in [0.5, 0.6) is 0 Å². The van der Waals surface area contributed by atoms with Gasteiger partial charge >= 0.3 is 0 Å². The van der Waals surface area contributed by atoms with Crippen LogP contribution in [0.15, 0.2) is 24.3 Å². The highest BCUT2D eigenvalue weighted by Crippen LogP contribution is 2.16. The van der Waals surface area contributed by atoms with E-state index in [0.717, 1.165) is 5.56 Å². The van der Waals surface area contributed by atoms with Gasteiger partial charge in [0.25, 0.3) is 0 Å². The number of hydrogen-bond acceptors (Lipinski definition) is 5. The lowest BCUT2D eigenvalue weighted by Gasteiger charge is -2.26. The van der Waals surface area contributed by atoms with Crippen molar-refractivity contribution in [1.82, 2.24) is 25.1 Å². The second-order valence-electron chi connectivity index (χ2n) is 5.02. The largest absolute Gasteiger partial charge is 0.378 e. The van der Waals surface area contributed by atoms with E-state index in [2.05, 4.69) is 15.5 Å². The molecule has 2 heterocycles. The van der Waals surface area contributed by atoms with Gasteiger partial charge in [-0.05, 0) is 17.4 Å². The van der Waals surface area contributed by atoms with Gasteiger partial charge in [-0.25, -0.2) is 4.68 Å². The maximum absolute atomic E-state index is 12.3. The molecule has 21 heavy (non-hydrogen) atoms. The predicted molar refractivity (Wildman–Crippen MR) is 75.4 cm³/mol. The molecule has 0 aliphatic carbocycles. The van der Waals surface area contributed by atoms with Gasteiger partial charge in [0.1, 0.15) is 6.54 Å². The number of aromatic nitrogens is 4. The van der Waals surface area contributed by atoms with Crippen LogP contribution in [-0.2, 0) is 16.1 Å². The zero-order chi connectivity index (χ0) is 14.7. The standard InChI is InChI=1S/C14H17N5O2/c1-11-2-4-12(5-3-11)14-15-16-17-19(14)10-13(20)18-6-8-21-9-7-18/h2-5H,6-10H2,1H3. The number of nitrogens with zero attached hydrogens (tertiary/aromatic N) is 5. The lowest BCUT2D eigenvalue weighted by atomic mass is 10.1. The Morgan fingerprint density at radius 1 is 1.24 bits per heavy atom. The summed E-state index contributed by atoms with van der Waals surface area (Å²) in [5.41, 5.74) is 2.07. The summed E-state index contributed by atoms with van der Waals surface area (Å²) in [7, 11) is 0. The van der Waals surface area contributed by atoms with Crippen LogP contribution in [0.1, 0.15) is 5.56 Å². The second-order valence-corrected chi connectivity index (χ2v) is 5.02. The van der Waals surface area contributed by atoms with E-state index in [1.54, 1.807) is 9.58 Å². The van der Waals surface area contributed by atoms with Gasteiger partial charge in [-0.1, -0.05) is 29.8 Å². The number of rotatable bonds is 3. The van der Waals surface area contributed by atoms with Gasteiger partial charge in [0.05, 0.1) is 13.2 Å². The molecular formula is C14H17N5O2. The Bertz CT molecular complexity index is 617. The first kappa shape index (κ1) is 13.7. The number of carbonyl (C=O) groups is 1. The summed E-state index contributed by atoms with van der Waals surface area (Å²) in [5.74, 6) is 0.621.